The monoisotopic (exact) mass is 427 g/mol. The predicted molar refractivity (Wildman–Crippen MR) is 96.1 cm³/mol. The molecule has 118 valence electrons. The molecule has 1 saturated heterocycles. The van der Waals surface area contributed by atoms with Crippen LogP contribution in [-0.4, -0.2) is 24.1 Å². The van der Waals surface area contributed by atoms with Gasteiger partial charge in [-0.25, -0.2) is 4.79 Å². The van der Waals surface area contributed by atoms with E-state index in [2.05, 4.69) is 38.8 Å². The number of carbonyl (C=O) groups is 1. The van der Waals surface area contributed by atoms with Gasteiger partial charge in [0, 0.05) is 4.48 Å². The lowest BCUT2D eigenvalue weighted by molar-refractivity contribution is 0.106. The summed E-state index contributed by atoms with van der Waals surface area (Å²) in [6.45, 7) is 5.56. The first-order chi connectivity index (χ1) is 10.5. The number of halogens is 2. The van der Waals surface area contributed by atoms with E-state index in [1.165, 1.54) is 5.57 Å². The quantitative estimate of drug-likeness (QED) is 0.647. The molecule has 0 spiro atoms. The van der Waals surface area contributed by atoms with Crippen molar-refractivity contribution in [2.24, 2.45) is 0 Å². The molecule has 1 aromatic rings. The highest BCUT2D eigenvalue weighted by Crippen LogP contribution is 2.33. The minimum Gasteiger partial charge on any atom is -0.445 e. The Kier molecular flexibility index (Phi) is 6.26. The van der Waals surface area contributed by atoms with Crippen LogP contribution in [0.5, 0.6) is 0 Å². The fraction of sp³-hybridized carbons (Fsp3) is 0.353. The van der Waals surface area contributed by atoms with Crippen LogP contribution in [0.15, 0.2) is 50.4 Å². The summed E-state index contributed by atoms with van der Waals surface area (Å²) >= 11 is 7.15. The second-order valence-corrected chi connectivity index (χ2v) is 7.29. The zero-order valence-electron chi connectivity index (χ0n) is 12.7. The molecule has 1 aliphatic heterocycles. The SMILES string of the molecule is CC/C(Br)=C1/CN(C(=O)OCc2ccccc2)C/C1=C(/C)Br. The maximum Gasteiger partial charge on any atom is 0.410 e. The van der Waals surface area contributed by atoms with E-state index in [4.69, 9.17) is 4.74 Å². The van der Waals surface area contributed by atoms with E-state index in [9.17, 15) is 4.79 Å². The first-order valence-corrected chi connectivity index (χ1v) is 8.80. The van der Waals surface area contributed by atoms with E-state index in [1.54, 1.807) is 4.90 Å². The Morgan fingerprint density at radius 2 is 1.82 bits per heavy atom. The number of benzene rings is 1. The zero-order valence-corrected chi connectivity index (χ0v) is 15.9. The summed E-state index contributed by atoms with van der Waals surface area (Å²) in [7, 11) is 0. The molecule has 1 aliphatic rings. The molecule has 0 N–H and O–H groups in total. The highest BCUT2D eigenvalue weighted by Gasteiger charge is 2.29. The van der Waals surface area contributed by atoms with Crippen LogP contribution in [0.3, 0.4) is 0 Å². The molecular formula is C17H19Br2NO2. The Morgan fingerprint density at radius 3 is 2.41 bits per heavy atom. The molecule has 2 rings (SSSR count). The third-order valence-electron chi connectivity index (χ3n) is 3.58. The molecule has 0 unspecified atom stereocenters. The molecule has 0 radical (unpaired) electrons. The lowest BCUT2D eigenvalue weighted by Gasteiger charge is -2.15. The summed E-state index contributed by atoms with van der Waals surface area (Å²) in [6, 6.07) is 9.72. The van der Waals surface area contributed by atoms with Crippen LogP contribution in [0.1, 0.15) is 25.8 Å². The molecule has 0 aromatic heterocycles. The maximum atomic E-state index is 12.3. The molecule has 1 fully saturated rings. The zero-order chi connectivity index (χ0) is 16.1. The van der Waals surface area contributed by atoms with Gasteiger partial charge in [-0.3, -0.25) is 4.90 Å². The lowest BCUT2D eigenvalue weighted by atomic mass is 10.1. The number of allylic oxidation sites excluding steroid dienone is 2. The third kappa shape index (κ3) is 4.23. The molecule has 1 amide bonds. The highest BCUT2D eigenvalue weighted by atomic mass is 79.9. The van der Waals surface area contributed by atoms with Crippen LogP contribution in [-0.2, 0) is 11.3 Å². The van der Waals surface area contributed by atoms with Crippen molar-refractivity contribution in [1.82, 2.24) is 4.90 Å². The molecule has 1 aromatic carbocycles. The van der Waals surface area contributed by atoms with Crippen LogP contribution in [0.25, 0.3) is 0 Å². The van der Waals surface area contributed by atoms with E-state index in [0.717, 1.165) is 26.5 Å². The van der Waals surface area contributed by atoms with Crippen LogP contribution in [0.2, 0.25) is 0 Å². The summed E-state index contributed by atoms with van der Waals surface area (Å²) in [5.41, 5.74) is 3.33. The van der Waals surface area contributed by atoms with E-state index in [0.29, 0.717) is 19.7 Å². The van der Waals surface area contributed by atoms with E-state index >= 15 is 0 Å². The Morgan fingerprint density at radius 1 is 1.18 bits per heavy atom. The largest absolute Gasteiger partial charge is 0.445 e. The molecule has 5 heteroatoms. The van der Waals surface area contributed by atoms with Gasteiger partial charge in [-0.2, -0.15) is 0 Å². The number of ether oxygens (including phenoxy) is 1. The number of amides is 1. The molecule has 1 heterocycles. The van der Waals surface area contributed by atoms with Gasteiger partial charge in [0.25, 0.3) is 0 Å². The van der Waals surface area contributed by atoms with E-state index in [1.807, 2.05) is 37.3 Å². The fourth-order valence-electron chi connectivity index (χ4n) is 2.35. The van der Waals surface area contributed by atoms with Gasteiger partial charge in [0.15, 0.2) is 0 Å². The van der Waals surface area contributed by atoms with Gasteiger partial charge in [-0.1, -0.05) is 69.1 Å². The van der Waals surface area contributed by atoms with Crippen LogP contribution < -0.4 is 0 Å². The molecule has 0 atom stereocenters. The van der Waals surface area contributed by atoms with Crippen LogP contribution in [0, 0.1) is 0 Å². The second kappa shape index (κ2) is 7.97. The molecule has 0 saturated carbocycles. The Balaban J connectivity index is 2.05. The van der Waals surface area contributed by atoms with Crippen LogP contribution >= 0.6 is 31.9 Å². The fourth-order valence-corrected chi connectivity index (χ4v) is 3.08. The van der Waals surface area contributed by atoms with Gasteiger partial charge < -0.3 is 4.74 Å². The average molecular weight is 429 g/mol. The van der Waals surface area contributed by atoms with Crippen molar-refractivity contribution in [1.29, 1.82) is 0 Å². The Labute approximate surface area is 148 Å². The summed E-state index contributed by atoms with van der Waals surface area (Å²) < 4.78 is 7.61. The first kappa shape index (κ1) is 17.3. The predicted octanol–water partition coefficient (Wildman–Crippen LogP) is 5.37. The number of hydrogen-bond donors (Lipinski definition) is 0. The normalized spacial score (nSPS) is 19.2. The second-order valence-electron chi connectivity index (χ2n) is 5.15. The molecule has 0 aliphatic carbocycles. The lowest BCUT2D eigenvalue weighted by Crippen LogP contribution is -2.28. The van der Waals surface area contributed by atoms with Gasteiger partial charge >= 0.3 is 6.09 Å². The minimum atomic E-state index is -0.276. The number of hydrogen-bond acceptors (Lipinski definition) is 2. The molecular weight excluding hydrogens is 410 g/mol. The van der Waals surface area contributed by atoms with Crippen molar-refractivity contribution >= 4 is 38.0 Å². The van der Waals surface area contributed by atoms with Crippen molar-refractivity contribution in [2.45, 2.75) is 26.9 Å². The summed E-state index contributed by atoms with van der Waals surface area (Å²) in [5.74, 6) is 0. The smallest absolute Gasteiger partial charge is 0.410 e. The van der Waals surface area contributed by atoms with Gasteiger partial charge in [-0.15, -0.1) is 0 Å². The summed E-state index contributed by atoms with van der Waals surface area (Å²) in [5, 5.41) is 0. The van der Waals surface area contributed by atoms with Gasteiger partial charge in [0.2, 0.25) is 0 Å². The number of rotatable bonds is 3. The number of likely N-dealkylation sites (tertiary alicyclic amines) is 1. The standard InChI is InChI=1S/C17H19Br2NO2/c1-3-16(19)15-10-20(9-14(15)12(2)18)17(21)22-11-13-7-5-4-6-8-13/h4-8H,3,9-11H2,1-2H3/b14-12+,16-15+. The molecule has 22 heavy (non-hydrogen) atoms. The van der Waals surface area contributed by atoms with Crippen molar-refractivity contribution < 1.29 is 9.53 Å². The Hall–Kier alpha value is -1.07. The summed E-state index contributed by atoms with van der Waals surface area (Å²) in [6.07, 6.45) is 0.632. The van der Waals surface area contributed by atoms with E-state index < -0.39 is 0 Å². The van der Waals surface area contributed by atoms with E-state index in [-0.39, 0.29) is 6.09 Å². The van der Waals surface area contributed by atoms with Crippen molar-refractivity contribution in [3.05, 3.63) is 56.0 Å². The molecule has 3 nitrogen and oxygen atoms in total. The van der Waals surface area contributed by atoms with Crippen molar-refractivity contribution in [2.75, 3.05) is 13.1 Å². The molecule has 0 bridgehead atoms. The van der Waals surface area contributed by atoms with Gasteiger partial charge in [-0.05, 0) is 34.5 Å². The third-order valence-corrected chi connectivity index (χ3v) is 5.10. The number of carbonyl (C=O) groups excluding carboxylic acids is 1. The number of nitrogens with zero attached hydrogens (tertiary/aromatic N) is 1. The Bertz CT molecular complexity index is 604. The van der Waals surface area contributed by atoms with Crippen molar-refractivity contribution in [3.63, 3.8) is 0 Å². The average Bonchev–Trinajstić information content (AvgIpc) is 2.98. The maximum absolute atomic E-state index is 12.3. The van der Waals surface area contributed by atoms with Gasteiger partial charge in [0.1, 0.15) is 6.61 Å². The topological polar surface area (TPSA) is 29.5 Å². The highest BCUT2D eigenvalue weighted by molar-refractivity contribution is 9.12. The van der Waals surface area contributed by atoms with Crippen LogP contribution in [0.4, 0.5) is 4.79 Å². The van der Waals surface area contributed by atoms with Crippen molar-refractivity contribution in [3.8, 4) is 0 Å². The minimum absolute atomic E-state index is 0.276. The van der Waals surface area contributed by atoms with Gasteiger partial charge in [0.05, 0.1) is 13.1 Å². The summed E-state index contributed by atoms with van der Waals surface area (Å²) in [4.78, 5) is 14.0. The first-order valence-electron chi connectivity index (χ1n) is 7.21.